The summed E-state index contributed by atoms with van der Waals surface area (Å²) in [5, 5.41) is 10.2. The number of aliphatic hydroxyl groups is 1. The van der Waals surface area contributed by atoms with Crippen LogP contribution in [0.5, 0.6) is 0 Å². The summed E-state index contributed by atoms with van der Waals surface area (Å²) in [6, 6.07) is 18.7. The molecule has 1 heteroatoms. The molecule has 0 aromatic heterocycles. The first kappa shape index (κ1) is 10.5. The van der Waals surface area contributed by atoms with Crippen molar-refractivity contribution >= 4 is 0 Å². The van der Waals surface area contributed by atoms with E-state index in [4.69, 9.17) is 0 Å². The van der Waals surface area contributed by atoms with Gasteiger partial charge in [-0.25, -0.2) is 0 Å². The first-order chi connectivity index (χ1) is 8.34. The third-order valence-electron chi connectivity index (χ3n) is 3.66. The number of benzene rings is 2. The average Bonchev–Trinajstić information content (AvgIpc) is 2.40. The molecule has 1 nitrogen and oxygen atoms in total. The molecule has 0 saturated heterocycles. The molecule has 0 aliphatic heterocycles. The molecular formula is C16H16O. The van der Waals surface area contributed by atoms with E-state index in [0.717, 1.165) is 18.4 Å². The van der Waals surface area contributed by atoms with Gasteiger partial charge in [0.15, 0.2) is 0 Å². The van der Waals surface area contributed by atoms with Crippen LogP contribution in [0.25, 0.3) is 0 Å². The van der Waals surface area contributed by atoms with E-state index in [2.05, 4.69) is 36.4 Å². The fourth-order valence-corrected chi connectivity index (χ4v) is 2.77. The van der Waals surface area contributed by atoms with Gasteiger partial charge in [0.1, 0.15) is 0 Å². The Kier molecular flexibility index (Phi) is 2.69. The van der Waals surface area contributed by atoms with Crippen molar-refractivity contribution in [2.24, 2.45) is 0 Å². The Balaban J connectivity index is 1.94. The summed E-state index contributed by atoms with van der Waals surface area (Å²) >= 11 is 0. The van der Waals surface area contributed by atoms with Crippen LogP contribution < -0.4 is 0 Å². The third-order valence-corrected chi connectivity index (χ3v) is 3.66. The fraction of sp³-hybridized carbons (Fsp3) is 0.250. The van der Waals surface area contributed by atoms with Crippen LogP contribution >= 0.6 is 0 Å². The van der Waals surface area contributed by atoms with Crippen molar-refractivity contribution < 1.29 is 5.11 Å². The average molecular weight is 224 g/mol. The molecule has 0 spiro atoms. The van der Waals surface area contributed by atoms with Crippen molar-refractivity contribution in [3.63, 3.8) is 0 Å². The number of hydrogen-bond acceptors (Lipinski definition) is 1. The predicted molar refractivity (Wildman–Crippen MR) is 68.9 cm³/mol. The van der Waals surface area contributed by atoms with E-state index in [9.17, 15) is 5.11 Å². The molecule has 0 bridgehead atoms. The lowest BCUT2D eigenvalue weighted by Crippen LogP contribution is -2.17. The van der Waals surface area contributed by atoms with Crippen LogP contribution in [0.15, 0.2) is 54.6 Å². The molecule has 2 atom stereocenters. The van der Waals surface area contributed by atoms with Crippen LogP contribution in [0.1, 0.15) is 35.1 Å². The van der Waals surface area contributed by atoms with Gasteiger partial charge in [0.05, 0.1) is 6.10 Å². The molecule has 3 rings (SSSR count). The zero-order valence-electron chi connectivity index (χ0n) is 9.71. The van der Waals surface area contributed by atoms with Crippen molar-refractivity contribution in [2.45, 2.75) is 24.9 Å². The summed E-state index contributed by atoms with van der Waals surface area (Å²) < 4.78 is 0. The summed E-state index contributed by atoms with van der Waals surface area (Å²) in [6.45, 7) is 0. The van der Waals surface area contributed by atoms with Gasteiger partial charge in [-0.3, -0.25) is 0 Å². The summed E-state index contributed by atoms with van der Waals surface area (Å²) in [7, 11) is 0. The standard InChI is InChI=1S/C16H16O/c17-16-11-14(12-6-2-1-3-7-12)10-13-8-4-5-9-15(13)16/h1-9,14,16-17H,10-11H2/t14-,16-/m1/s1. The first-order valence-corrected chi connectivity index (χ1v) is 6.15. The molecule has 0 unspecified atom stereocenters. The minimum atomic E-state index is -0.315. The van der Waals surface area contributed by atoms with E-state index in [0.29, 0.717) is 5.92 Å². The molecule has 0 amide bonds. The Morgan fingerprint density at radius 3 is 2.41 bits per heavy atom. The summed E-state index contributed by atoms with van der Waals surface area (Å²) in [4.78, 5) is 0. The van der Waals surface area contributed by atoms with Crippen molar-refractivity contribution in [1.82, 2.24) is 0 Å². The SMILES string of the molecule is O[C@@H]1C[C@H](c2ccccc2)Cc2ccccc21. The van der Waals surface area contributed by atoms with Crippen LogP contribution in [0.3, 0.4) is 0 Å². The van der Waals surface area contributed by atoms with Gasteiger partial charge >= 0.3 is 0 Å². The maximum atomic E-state index is 10.2. The Hall–Kier alpha value is -1.60. The van der Waals surface area contributed by atoms with E-state index in [1.54, 1.807) is 0 Å². The minimum Gasteiger partial charge on any atom is -0.388 e. The van der Waals surface area contributed by atoms with Gasteiger partial charge in [-0.05, 0) is 35.4 Å². The lowest BCUT2D eigenvalue weighted by molar-refractivity contribution is 0.147. The molecule has 1 N–H and O–H groups in total. The highest BCUT2D eigenvalue weighted by Gasteiger charge is 2.25. The second-order valence-corrected chi connectivity index (χ2v) is 4.76. The maximum Gasteiger partial charge on any atom is 0.0798 e. The minimum absolute atomic E-state index is 0.315. The van der Waals surface area contributed by atoms with E-state index >= 15 is 0 Å². The smallest absolute Gasteiger partial charge is 0.0798 e. The van der Waals surface area contributed by atoms with E-state index in [1.807, 2.05) is 18.2 Å². The van der Waals surface area contributed by atoms with Crippen LogP contribution in [0, 0.1) is 0 Å². The number of hydrogen-bond donors (Lipinski definition) is 1. The van der Waals surface area contributed by atoms with Crippen LogP contribution in [0.4, 0.5) is 0 Å². The quantitative estimate of drug-likeness (QED) is 0.786. The highest BCUT2D eigenvalue weighted by Crippen LogP contribution is 2.38. The Morgan fingerprint density at radius 1 is 0.882 bits per heavy atom. The summed E-state index contributed by atoms with van der Waals surface area (Å²) in [5.74, 6) is 0.445. The van der Waals surface area contributed by atoms with Crippen LogP contribution in [-0.4, -0.2) is 5.11 Å². The zero-order valence-corrected chi connectivity index (χ0v) is 9.71. The molecular weight excluding hydrogens is 208 g/mol. The Bertz CT molecular complexity index is 504. The molecule has 0 heterocycles. The normalized spacial score (nSPS) is 23.1. The molecule has 2 aromatic carbocycles. The van der Waals surface area contributed by atoms with Gasteiger partial charge in [-0.1, -0.05) is 54.6 Å². The highest BCUT2D eigenvalue weighted by molar-refractivity contribution is 5.35. The van der Waals surface area contributed by atoms with Gasteiger partial charge in [0.25, 0.3) is 0 Å². The van der Waals surface area contributed by atoms with Gasteiger partial charge < -0.3 is 5.11 Å². The van der Waals surface area contributed by atoms with Gasteiger partial charge in [0, 0.05) is 0 Å². The van der Waals surface area contributed by atoms with E-state index < -0.39 is 0 Å². The van der Waals surface area contributed by atoms with Gasteiger partial charge in [-0.15, -0.1) is 0 Å². The second kappa shape index (κ2) is 4.34. The lowest BCUT2D eigenvalue weighted by Gasteiger charge is -2.28. The van der Waals surface area contributed by atoms with Crippen molar-refractivity contribution in [3.05, 3.63) is 71.3 Å². The first-order valence-electron chi connectivity index (χ1n) is 6.15. The van der Waals surface area contributed by atoms with Crippen LogP contribution in [-0.2, 0) is 6.42 Å². The molecule has 2 aromatic rings. The molecule has 1 aliphatic carbocycles. The van der Waals surface area contributed by atoms with E-state index in [1.165, 1.54) is 11.1 Å². The molecule has 17 heavy (non-hydrogen) atoms. The monoisotopic (exact) mass is 224 g/mol. The van der Waals surface area contributed by atoms with Crippen LogP contribution in [0.2, 0.25) is 0 Å². The van der Waals surface area contributed by atoms with Crippen molar-refractivity contribution in [1.29, 1.82) is 0 Å². The third kappa shape index (κ3) is 1.98. The lowest BCUT2D eigenvalue weighted by atomic mass is 9.79. The Labute approximate surface area is 102 Å². The topological polar surface area (TPSA) is 20.2 Å². The van der Waals surface area contributed by atoms with Crippen molar-refractivity contribution in [2.75, 3.05) is 0 Å². The van der Waals surface area contributed by atoms with Gasteiger partial charge in [0.2, 0.25) is 0 Å². The highest BCUT2D eigenvalue weighted by atomic mass is 16.3. The second-order valence-electron chi connectivity index (χ2n) is 4.76. The predicted octanol–water partition coefficient (Wildman–Crippen LogP) is 3.45. The number of aliphatic hydroxyl groups excluding tert-OH is 1. The van der Waals surface area contributed by atoms with Gasteiger partial charge in [-0.2, -0.15) is 0 Å². The summed E-state index contributed by atoms with van der Waals surface area (Å²) in [6.07, 6.45) is 1.56. The molecule has 1 aliphatic rings. The summed E-state index contributed by atoms with van der Waals surface area (Å²) in [5.41, 5.74) is 3.74. The number of fused-ring (bicyclic) bond motifs is 1. The molecule has 0 radical (unpaired) electrons. The zero-order chi connectivity index (χ0) is 11.7. The molecule has 0 fully saturated rings. The van der Waals surface area contributed by atoms with Crippen molar-refractivity contribution in [3.8, 4) is 0 Å². The molecule has 0 saturated carbocycles. The fourth-order valence-electron chi connectivity index (χ4n) is 2.77. The van der Waals surface area contributed by atoms with E-state index in [-0.39, 0.29) is 6.10 Å². The maximum absolute atomic E-state index is 10.2. The molecule has 86 valence electrons. The largest absolute Gasteiger partial charge is 0.388 e. The Morgan fingerprint density at radius 2 is 1.59 bits per heavy atom. The number of rotatable bonds is 1.